The van der Waals surface area contributed by atoms with Crippen molar-refractivity contribution in [3.05, 3.63) is 52.1 Å². The van der Waals surface area contributed by atoms with Crippen molar-refractivity contribution in [3.63, 3.8) is 0 Å². The Morgan fingerprint density at radius 2 is 1.97 bits per heavy atom. The molecule has 2 bridgehead atoms. The van der Waals surface area contributed by atoms with Gasteiger partial charge in [0, 0.05) is 63.3 Å². The molecule has 158 valence electrons. The van der Waals surface area contributed by atoms with Crippen molar-refractivity contribution in [1.82, 2.24) is 14.5 Å². The molecule has 30 heavy (non-hydrogen) atoms. The number of aryl methyl sites for hydroxylation is 1. The number of anilines is 1. The first-order valence-electron chi connectivity index (χ1n) is 10.8. The van der Waals surface area contributed by atoms with Crippen LogP contribution in [0.1, 0.15) is 41.9 Å². The number of fused-ring (bicyclic) bond motifs is 2. The number of hydrogen-bond acceptors (Lipinski definition) is 6. The lowest BCUT2D eigenvalue weighted by Crippen LogP contribution is -2.51. The molecule has 2 saturated carbocycles. The lowest BCUT2D eigenvalue weighted by molar-refractivity contribution is -0.384. The van der Waals surface area contributed by atoms with Gasteiger partial charge >= 0.3 is 0 Å². The van der Waals surface area contributed by atoms with E-state index in [-0.39, 0.29) is 22.2 Å². The van der Waals surface area contributed by atoms with Gasteiger partial charge in [0.05, 0.1) is 4.92 Å². The second-order valence-corrected chi connectivity index (χ2v) is 8.92. The number of ketones is 1. The minimum atomic E-state index is -0.382. The van der Waals surface area contributed by atoms with Crippen LogP contribution in [0.4, 0.5) is 11.4 Å². The van der Waals surface area contributed by atoms with Gasteiger partial charge in [0.15, 0.2) is 5.82 Å². The summed E-state index contributed by atoms with van der Waals surface area (Å²) in [6.07, 6.45) is 8.72. The van der Waals surface area contributed by atoms with Crippen LogP contribution in [0.5, 0.6) is 0 Å². The highest BCUT2D eigenvalue weighted by Crippen LogP contribution is 2.47. The van der Waals surface area contributed by atoms with Crippen LogP contribution in [0.2, 0.25) is 0 Å². The van der Waals surface area contributed by atoms with Gasteiger partial charge in [0.2, 0.25) is 5.78 Å². The minimum Gasteiger partial charge on any atom is -0.363 e. The fraction of sp³-hybridized carbons (Fsp3) is 0.545. The number of imidazole rings is 1. The third-order valence-corrected chi connectivity index (χ3v) is 7.28. The Labute approximate surface area is 175 Å². The number of nitro benzene ring substituents is 1. The molecule has 3 unspecified atom stereocenters. The van der Waals surface area contributed by atoms with E-state index < -0.39 is 0 Å². The van der Waals surface area contributed by atoms with Crippen molar-refractivity contribution in [2.45, 2.75) is 31.7 Å². The minimum absolute atomic E-state index is 0.0107. The van der Waals surface area contributed by atoms with E-state index in [1.807, 2.05) is 0 Å². The molecule has 0 amide bonds. The first-order valence-corrected chi connectivity index (χ1v) is 10.8. The zero-order valence-electron chi connectivity index (χ0n) is 17.2. The van der Waals surface area contributed by atoms with Crippen LogP contribution in [-0.2, 0) is 7.05 Å². The van der Waals surface area contributed by atoms with Crippen LogP contribution in [0.3, 0.4) is 0 Å². The molecule has 3 fully saturated rings. The van der Waals surface area contributed by atoms with E-state index in [1.165, 1.54) is 31.7 Å². The molecule has 8 heteroatoms. The highest BCUT2D eigenvalue weighted by atomic mass is 16.6. The smallest absolute Gasteiger partial charge is 0.293 e. The molecule has 3 atom stereocenters. The predicted molar refractivity (Wildman–Crippen MR) is 113 cm³/mol. The Kier molecular flexibility index (Phi) is 4.81. The van der Waals surface area contributed by atoms with E-state index in [4.69, 9.17) is 0 Å². The summed E-state index contributed by atoms with van der Waals surface area (Å²) in [5.74, 6) is 1.74. The van der Waals surface area contributed by atoms with Gasteiger partial charge < -0.3 is 9.47 Å². The van der Waals surface area contributed by atoms with Crippen LogP contribution >= 0.6 is 0 Å². The summed E-state index contributed by atoms with van der Waals surface area (Å²) in [5.41, 5.74) is 0.882. The maximum atomic E-state index is 12.7. The van der Waals surface area contributed by atoms with Crippen molar-refractivity contribution in [3.8, 4) is 0 Å². The Morgan fingerprint density at radius 3 is 2.57 bits per heavy atom. The average Bonchev–Trinajstić information content (AvgIpc) is 3.50. The maximum absolute atomic E-state index is 12.7. The second-order valence-electron chi connectivity index (χ2n) is 8.92. The quantitative estimate of drug-likeness (QED) is 0.429. The summed E-state index contributed by atoms with van der Waals surface area (Å²) >= 11 is 0. The van der Waals surface area contributed by atoms with E-state index in [2.05, 4.69) is 14.8 Å². The molecule has 0 spiro atoms. The van der Waals surface area contributed by atoms with E-state index >= 15 is 0 Å². The molecule has 8 nitrogen and oxygen atoms in total. The maximum Gasteiger partial charge on any atom is 0.293 e. The zero-order valence-corrected chi connectivity index (χ0v) is 17.2. The Bertz CT molecular complexity index is 979. The average molecular weight is 409 g/mol. The molecule has 1 aliphatic heterocycles. The van der Waals surface area contributed by atoms with Crippen LogP contribution in [-0.4, -0.2) is 57.4 Å². The first-order chi connectivity index (χ1) is 14.5. The van der Waals surface area contributed by atoms with Gasteiger partial charge in [-0.2, -0.15) is 0 Å². The van der Waals surface area contributed by atoms with Crippen molar-refractivity contribution < 1.29 is 9.72 Å². The number of piperazine rings is 1. The Balaban J connectivity index is 1.33. The van der Waals surface area contributed by atoms with Crippen LogP contribution in [0, 0.1) is 22.0 Å². The molecule has 0 radical (unpaired) electrons. The SMILES string of the molecule is Cn1ccnc1C(=O)c1ccc(N2CCN(C3CC4CCC3C4)CC2)c([N+](=O)[O-])c1. The molecule has 2 aliphatic carbocycles. The van der Waals surface area contributed by atoms with E-state index in [9.17, 15) is 14.9 Å². The van der Waals surface area contributed by atoms with Crippen LogP contribution < -0.4 is 4.90 Å². The number of benzene rings is 1. The monoisotopic (exact) mass is 409 g/mol. The van der Waals surface area contributed by atoms with Gasteiger partial charge in [0.1, 0.15) is 5.69 Å². The van der Waals surface area contributed by atoms with Gasteiger partial charge in [-0.3, -0.25) is 19.8 Å². The number of nitrogens with zero attached hydrogens (tertiary/aromatic N) is 5. The van der Waals surface area contributed by atoms with Gasteiger partial charge in [0.25, 0.3) is 5.69 Å². The lowest BCUT2D eigenvalue weighted by Gasteiger charge is -2.41. The Hall–Kier alpha value is -2.74. The molecule has 1 aromatic heterocycles. The van der Waals surface area contributed by atoms with Crippen LogP contribution in [0.25, 0.3) is 0 Å². The number of nitro groups is 1. The van der Waals surface area contributed by atoms with Crippen molar-refractivity contribution in [1.29, 1.82) is 0 Å². The lowest BCUT2D eigenvalue weighted by atomic mass is 9.93. The first kappa shape index (κ1) is 19.2. The molecule has 5 rings (SSSR count). The molecule has 3 aliphatic rings. The normalized spacial score (nSPS) is 26.3. The second kappa shape index (κ2) is 7.50. The number of rotatable bonds is 5. The summed E-state index contributed by atoms with van der Waals surface area (Å²) in [4.78, 5) is 32.9. The van der Waals surface area contributed by atoms with Gasteiger partial charge in [-0.1, -0.05) is 6.42 Å². The van der Waals surface area contributed by atoms with Gasteiger partial charge in [-0.25, -0.2) is 4.98 Å². The molecular weight excluding hydrogens is 382 g/mol. The van der Waals surface area contributed by atoms with E-state index in [0.717, 1.165) is 38.0 Å². The highest BCUT2D eigenvalue weighted by molar-refractivity contribution is 6.07. The molecule has 1 aromatic carbocycles. The molecule has 1 saturated heterocycles. The number of hydrogen-bond donors (Lipinski definition) is 0. The third-order valence-electron chi connectivity index (χ3n) is 7.28. The highest BCUT2D eigenvalue weighted by Gasteiger charge is 2.43. The largest absolute Gasteiger partial charge is 0.363 e. The van der Waals surface area contributed by atoms with Crippen molar-refractivity contribution in [2.75, 3.05) is 31.1 Å². The van der Waals surface area contributed by atoms with Crippen molar-refractivity contribution >= 4 is 17.2 Å². The standard InChI is InChI=1S/C22H27N5O3/c1-24-7-6-23-22(24)21(28)17-4-5-18(20(14-17)27(29)30)25-8-10-26(11-9-25)19-13-15-2-3-16(19)12-15/h4-7,14-16,19H,2-3,8-13H2,1H3. The zero-order chi connectivity index (χ0) is 20.8. The molecule has 0 N–H and O–H groups in total. The van der Waals surface area contributed by atoms with E-state index in [1.54, 1.807) is 36.1 Å². The van der Waals surface area contributed by atoms with Gasteiger partial charge in [-0.05, 0) is 43.2 Å². The summed E-state index contributed by atoms with van der Waals surface area (Å²) in [7, 11) is 1.73. The predicted octanol–water partition coefficient (Wildman–Crippen LogP) is 2.87. The van der Waals surface area contributed by atoms with Crippen LogP contribution in [0.15, 0.2) is 30.6 Å². The summed E-state index contributed by atoms with van der Waals surface area (Å²) in [5, 5.41) is 11.8. The van der Waals surface area contributed by atoms with Crippen molar-refractivity contribution in [2.24, 2.45) is 18.9 Å². The summed E-state index contributed by atoms with van der Waals surface area (Å²) in [6, 6.07) is 5.51. The third kappa shape index (κ3) is 3.29. The Morgan fingerprint density at radius 1 is 1.17 bits per heavy atom. The fourth-order valence-electron chi connectivity index (χ4n) is 5.74. The summed E-state index contributed by atoms with van der Waals surface area (Å²) in [6.45, 7) is 3.45. The topological polar surface area (TPSA) is 84.5 Å². The number of carbonyl (C=O) groups excluding carboxylic acids is 1. The molecule has 2 heterocycles. The fourth-order valence-corrected chi connectivity index (χ4v) is 5.74. The molecular formula is C22H27N5O3. The van der Waals surface area contributed by atoms with E-state index in [0.29, 0.717) is 17.3 Å². The number of aromatic nitrogens is 2. The summed E-state index contributed by atoms with van der Waals surface area (Å²) < 4.78 is 1.62. The molecule has 2 aromatic rings. The van der Waals surface area contributed by atoms with Gasteiger partial charge in [-0.15, -0.1) is 0 Å². The number of carbonyl (C=O) groups is 1.